The molecule has 1 rings (SSSR count). The molecular formula is C8H17N3O4S. The molecule has 1 aliphatic heterocycles. The van der Waals surface area contributed by atoms with Crippen LogP contribution in [0.25, 0.3) is 0 Å². The van der Waals surface area contributed by atoms with Crippen molar-refractivity contribution in [2.24, 2.45) is 5.84 Å². The fraction of sp³-hybridized carbons (Fsp3) is 0.875. The Kier molecular flexibility index (Phi) is 3.46. The standard InChI is InChI=1S/C8H17N3O4S/c1-8(2,3)15-7(12)11-4-6(5-11)16(13,14)10-9/h6,10H,4-5,9H2,1-3H3. The van der Waals surface area contributed by atoms with Gasteiger partial charge in [-0.1, -0.05) is 0 Å². The quantitative estimate of drug-likeness (QED) is 0.504. The van der Waals surface area contributed by atoms with Crippen molar-refractivity contribution >= 4 is 16.1 Å². The number of hydrazine groups is 1. The van der Waals surface area contributed by atoms with Gasteiger partial charge in [-0.05, 0) is 20.8 Å². The molecule has 1 saturated heterocycles. The number of hydrogen-bond acceptors (Lipinski definition) is 5. The zero-order valence-electron chi connectivity index (χ0n) is 9.56. The monoisotopic (exact) mass is 251 g/mol. The fourth-order valence-electron chi connectivity index (χ4n) is 1.21. The zero-order valence-corrected chi connectivity index (χ0v) is 10.4. The van der Waals surface area contributed by atoms with Crippen LogP contribution in [0.15, 0.2) is 0 Å². The van der Waals surface area contributed by atoms with E-state index in [1.807, 2.05) is 0 Å². The average Bonchev–Trinajstić information content (AvgIpc) is 1.96. The van der Waals surface area contributed by atoms with Gasteiger partial charge in [-0.15, -0.1) is 0 Å². The molecule has 1 aliphatic rings. The number of nitrogens with two attached hydrogens (primary N) is 1. The first kappa shape index (κ1) is 13.2. The molecule has 0 aliphatic carbocycles. The molecule has 1 heterocycles. The summed E-state index contributed by atoms with van der Waals surface area (Å²) in [6, 6.07) is 0. The van der Waals surface area contributed by atoms with Gasteiger partial charge in [0, 0.05) is 13.1 Å². The summed E-state index contributed by atoms with van der Waals surface area (Å²) in [6.07, 6.45) is -0.504. The van der Waals surface area contributed by atoms with E-state index in [1.54, 1.807) is 25.6 Å². The van der Waals surface area contributed by atoms with E-state index in [0.717, 1.165) is 0 Å². The van der Waals surface area contributed by atoms with Crippen LogP contribution >= 0.6 is 0 Å². The smallest absolute Gasteiger partial charge is 0.410 e. The van der Waals surface area contributed by atoms with E-state index in [4.69, 9.17) is 10.6 Å². The van der Waals surface area contributed by atoms with Crippen LogP contribution in [0, 0.1) is 0 Å². The lowest BCUT2D eigenvalue weighted by atomic mass is 10.2. The van der Waals surface area contributed by atoms with Gasteiger partial charge in [-0.2, -0.15) is 4.83 Å². The van der Waals surface area contributed by atoms with Gasteiger partial charge in [-0.3, -0.25) is 5.84 Å². The Morgan fingerprint density at radius 1 is 1.44 bits per heavy atom. The summed E-state index contributed by atoms with van der Waals surface area (Å²) >= 11 is 0. The van der Waals surface area contributed by atoms with Gasteiger partial charge in [0.15, 0.2) is 0 Å². The van der Waals surface area contributed by atoms with Crippen molar-refractivity contribution in [2.75, 3.05) is 13.1 Å². The second-order valence-electron chi connectivity index (χ2n) is 4.67. The van der Waals surface area contributed by atoms with Gasteiger partial charge >= 0.3 is 6.09 Å². The van der Waals surface area contributed by atoms with Crippen molar-refractivity contribution in [1.82, 2.24) is 9.73 Å². The molecule has 0 radical (unpaired) electrons. The van der Waals surface area contributed by atoms with E-state index in [-0.39, 0.29) is 13.1 Å². The van der Waals surface area contributed by atoms with Gasteiger partial charge in [0.25, 0.3) is 0 Å². The minimum absolute atomic E-state index is 0.113. The fourth-order valence-corrected chi connectivity index (χ4v) is 2.15. The van der Waals surface area contributed by atoms with E-state index in [0.29, 0.717) is 0 Å². The number of hydrogen-bond donors (Lipinski definition) is 2. The average molecular weight is 251 g/mol. The van der Waals surface area contributed by atoms with E-state index in [2.05, 4.69) is 0 Å². The predicted molar refractivity (Wildman–Crippen MR) is 57.8 cm³/mol. The molecule has 0 aromatic carbocycles. The minimum Gasteiger partial charge on any atom is -0.444 e. The van der Waals surface area contributed by atoms with Crippen molar-refractivity contribution in [2.45, 2.75) is 31.6 Å². The van der Waals surface area contributed by atoms with E-state index in [1.165, 1.54) is 4.90 Å². The molecule has 0 atom stereocenters. The van der Waals surface area contributed by atoms with Crippen molar-refractivity contribution in [3.8, 4) is 0 Å². The number of carbonyl (C=O) groups excluding carboxylic acids is 1. The van der Waals surface area contributed by atoms with Gasteiger partial charge in [0.2, 0.25) is 10.0 Å². The Morgan fingerprint density at radius 3 is 2.31 bits per heavy atom. The summed E-state index contributed by atoms with van der Waals surface area (Å²) in [4.78, 5) is 14.5. The summed E-state index contributed by atoms with van der Waals surface area (Å²) in [6.45, 7) is 5.48. The molecule has 1 amide bonds. The highest BCUT2D eigenvalue weighted by molar-refractivity contribution is 7.90. The lowest BCUT2D eigenvalue weighted by Gasteiger charge is -2.38. The molecule has 0 unspecified atom stereocenters. The topological polar surface area (TPSA) is 102 Å². The van der Waals surface area contributed by atoms with Gasteiger partial charge in [-0.25, -0.2) is 13.2 Å². The molecule has 8 heteroatoms. The Bertz CT molecular complexity index is 367. The summed E-state index contributed by atoms with van der Waals surface area (Å²) in [7, 11) is -3.49. The van der Waals surface area contributed by atoms with Crippen LogP contribution in [0.5, 0.6) is 0 Å². The third-order valence-electron chi connectivity index (χ3n) is 2.10. The lowest BCUT2D eigenvalue weighted by molar-refractivity contribution is 0.0138. The largest absolute Gasteiger partial charge is 0.444 e. The number of nitrogens with zero attached hydrogens (tertiary/aromatic N) is 1. The first-order valence-corrected chi connectivity index (χ1v) is 6.39. The molecule has 0 aromatic heterocycles. The maximum atomic E-state index is 11.5. The normalized spacial score (nSPS) is 18.1. The van der Waals surface area contributed by atoms with E-state index in [9.17, 15) is 13.2 Å². The van der Waals surface area contributed by atoms with Crippen molar-refractivity contribution in [3.05, 3.63) is 0 Å². The summed E-state index contributed by atoms with van der Waals surface area (Å²) < 4.78 is 27.5. The van der Waals surface area contributed by atoms with Crippen LogP contribution in [0.2, 0.25) is 0 Å². The second kappa shape index (κ2) is 4.19. The van der Waals surface area contributed by atoms with Crippen LogP contribution in [0.3, 0.4) is 0 Å². The SMILES string of the molecule is CC(C)(C)OC(=O)N1CC(S(=O)(=O)NN)C1. The number of sulfonamides is 1. The van der Waals surface area contributed by atoms with Gasteiger partial charge in [0.05, 0.1) is 0 Å². The maximum absolute atomic E-state index is 11.5. The van der Waals surface area contributed by atoms with Crippen LogP contribution in [0.4, 0.5) is 4.79 Å². The number of amides is 1. The Balaban J connectivity index is 2.45. The van der Waals surface area contributed by atoms with E-state index < -0.39 is 27.0 Å². The first-order chi connectivity index (χ1) is 7.15. The predicted octanol–water partition coefficient (Wildman–Crippen LogP) is -0.601. The summed E-state index contributed by atoms with van der Waals surface area (Å²) in [5.74, 6) is 4.87. The third kappa shape index (κ3) is 3.06. The number of carbonyl (C=O) groups is 1. The molecule has 0 saturated carbocycles. The zero-order chi connectivity index (χ0) is 12.6. The summed E-state index contributed by atoms with van der Waals surface area (Å²) in [5.41, 5.74) is -0.576. The van der Waals surface area contributed by atoms with Crippen molar-refractivity contribution in [3.63, 3.8) is 0 Å². The Labute approximate surface area is 94.9 Å². The highest BCUT2D eigenvalue weighted by Crippen LogP contribution is 2.18. The van der Waals surface area contributed by atoms with Crippen LogP contribution in [-0.2, 0) is 14.8 Å². The Morgan fingerprint density at radius 2 is 1.94 bits per heavy atom. The molecule has 0 spiro atoms. The number of likely N-dealkylation sites (tertiary alicyclic amines) is 1. The molecule has 16 heavy (non-hydrogen) atoms. The third-order valence-corrected chi connectivity index (χ3v) is 3.61. The van der Waals surface area contributed by atoms with Gasteiger partial charge < -0.3 is 9.64 Å². The highest BCUT2D eigenvalue weighted by Gasteiger charge is 2.40. The highest BCUT2D eigenvalue weighted by atomic mass is 32.2. The number of ether oxygens (including phenoxy) is 1. The molecule has 0 aromatic rings. The van der Waals surface area contributed by atoms with Crippen molar-refractivity contribution < 1.29 is 17.9 Å². The molecule has 94 valence electrons. The van der Waals surface area contributed by atoms with Crippen LogP contribution < -0.4 is 10.7 Å². The second-order valence-corrected chi connectivity index (χ2v) is 6.66. The molecule has 3 N–H and O–H groups in total. The van der Waals surface area contributed by atoms with Crippen LogP contribution in [-0.4, -0.2) is 43.4 Å². The number of rotatable bonds is 2. The minimum atomic E-state index is -3.49. The van der Waals surface area contributed by atoms with Gasteiger partial charge in [0.1, 0.15) is 10.9 Å². The maximum Gasteiger partial charge on any atom is 0.410 e. The summed E-state index contributed by atoms with van der Waals surface area (Å²) in [5, 5.41) is -0.648. The van der Waals surface area contributed by atoms with E-state index >= 15 is 0 Å². The molecule has 1 fully saturated rings. The van der Waals surface area contributed by atoms with Crippen molar-refractivity contribution in [1.29, 1.82) is 0 Å². The molecule has 0 bridgehead atoms. The first-order valence-electron chi connectivity index (χ1n) is 4.85. The number of nitrogens with one attached hydrogen (secondary N) is 1. The Hall–Kier alpha value is -0.860. The lowest BCUT2D eigenvalue weighted by Crippen LogP contribution is -2.60. The molecular weight excluding hydrogens is 234 g/mol. The molecule has 7 nitrogen and oxygen atoms in total. The van der Waals surface area contributed by atoms with Crippen LogP contribution in [0.1, 0.15) is 20.8 Å².